The Kier molecular flexibility index (Phi) is 3.97. The van der Waals surface area contributed by atoms with E-state index >= 15 is 0 Å². The lowest BCUT2D eigenvalue weighted by Crippen LogP contribution is -2.11. The Morgan fingerprint density at radius 3 is 2.53 bits per heavy atom. The SMILES string of the molecule is NC(=S)c1cc(F)ccc1Oc1ccc(Cl)c(F)c1. The van der Waals surface area contributed by atoms with E-state index in [9.17, 15) is 8.78 Å². The van der Waals surface area contributed by atoms with Crippen molar-refractivity contribution in [3.63, 3.8) is 0 Å². The fourth-order valence-electron chi connectivity index (χ4n) is 1.45. The van der Waals surface area contributed by atoms with Crippen LogP contribution in [-0.2, 0) is 0 Å². The number of nitrogens with two attached hydrogens (primary N) is 1. The fraction of sp³-hybridized carbons (Fsp3) is 0. The van der Waals surface area contributed by atoms with Gasteiger partial charge in [-0.3, -0.25) is 0 Å². The predicted octanol–water partition coefficient (Wildman–Crippen LogP) is 4.04. The van der Waals surface area contributed by atoms with Crippen LogP contribution in [0.5, 0.6) is 11.5 Å². The van der Waals surface area contributed by atoms with E-state index in [1.165, 1.54) is 24.3 Å². The largest absolute Gasteiger partial charge is 0.457 e. The van der Waals surface area contributed by atoms with Crippen molar-refractivity contribution in [1.29, 1.82) is 0 Å². The second-order valence-electron chi connectivity index (χ2n) is 3.68. The molecule has 0 aliphatic rings. The standard InChI is InChI=1S/C13H8ClF2NOS/c14-10-3-2-8(6-11(10)16)18-12-4-1-7(15)5-9(12)13(17)19/h1-6H,(H2,17,19). The Morgan fingerprint density at radius 2 is 1.89 bits per heavy atom. The third-order valence-corrected chi connectivity index (χ3v) is 2.85. The number of halogens is 3. The van der Waals surface area contributed by atoms with Crippen molar-refractivity contribution in [3.8, 4) is 11.5 Å². The summed E-state index contributed by atoms with van der Waals surface area (Å²) in [6.45, 7) is 0. The van der Waals surface area contributed by atoms with Gasteiger partial charge in [-0.15, -0.1) is 0 Å². The summed E-state index contributed by atoms with van der Waals surface area (Å²) >= 11 is 10.4. The zero-order valence-corrected chi connectivity index (χ0v) is 11.1. The molecule has 0 aliphatic carbocycles. The number of hydrogen-bond acceptors (Lipinski definition) is 2. The minimum absolute atomic E-state index is 0.0102. The van der Waals surface area contributed by atoms with Gasteiger partial charge in [0.15, 0.2) is 0 Å². The van der Waals surface area contributed by atoms with Gasteiger partial charge in [-0.1, -0.05) is 23.8 Å². The van der Waals surface area contributed by atoms with E-state index in [0.717, 1.165) is 12.1 Å². The first kappa shape index (κ1) is 13.7. The monoisotopic (exact) mass is 299 g/mol. The van der Waals surface area contributed by atoms with E-state index in [1.54, 1.807) is 0 Å². The van der Waals surface area contributed by atoms with Crippen molar-refractivity contribution < 1.29 is 13.5 Å². The third-order valence-electron chi connectivity index (χ3n) is 2.33. The third kappa shape index (κ3) is 3.19. The van der Waals surface area contributed by atoms with Crippen LogP contribution in [0.2, 0.25) is 5.02 Å². The summed E-state index contributed by atoms with van der Waals surface area (Å²) in [6.07, 6.45) is 0. The lowest BCUT2D eigenvalue weighted by atomic mass is 10.2. The number of rotatable bonds is 3. The van der Waals surface area contributed by atoms with E-state index in [1.807, 2.05) is 0 Å². The second-order valence-corrected chi connectivity index (χ2v) is 4.53. The molecule has 0 fully saturated rings. The highest BCUT2D eigenvalue weighted by Crippen LogP contribution is 2.28. The summed E-state index contributed by atoms with van der Waals surface area (Å²) in [5.41, 5.74) is 5.72. The average Bonchev–Trinajstić information content (AvgIpc) is 2.36. The summed E-state index contributed by atoms with van der Waals surface area (Å²) in [5.74, 6) is -0.641. The lowest BCUT2D eigenvalue weighted by molar-refractivity contribution is 0.474. The maximum Gasteiger partial charge on any atom is 0.145 e. The summed E-state index contributed by atoms with van der Waals surface area (Å²) < 4.78 is 31.8. The number of benzene rings is 2. The van der Waals surface area contributed by atoms with Crippen molar-refractivity contribution in [2.75, 3.05) is 0 Å². The van der Waals surface area contributed by atoms with Crippen LogP contribution in [0.15, 0.2) is 36.4 Å². The van der Waals surface area contributed by atoms with Gasteiger partial charge in [0.2, 0.25) is 0 Å². The van der Waals surface area contributed by atoms with Crippen LogP contribution < -0.4 is 10.5 Å². The smallest absolute Gasteiger partial charge is 0.145 e. The molecule has 0 amide bonds. The average molecular weight is 300 g/mol. The Bertz CT molecular complexity index is 649. The predicted molar refractivity (Wildman–Crippen MR) is 73.8 cm³/mol. The zero-order chi connectivity index (χ0) is 14.0. The van der Waals surface area contributed by atoms with E-state index in [4.69, 9.17) is 34.3 Å². The molecule has 0 radical (unpaired) electrons. The maximum absolute atomic E-state index is 13.3. The molecule has 0 aromatic heterocycles. The van der Waals surface area contributed by atoms with Gasteiger partial charge in [0.05, 0.1) is 10.6 Å². The Labute approximate surface area is 118 Å². The molecule has 0 spiro atoms. The molecular weight excluding hydrogens is 292 g/mol. The highest BCUT2D eigenvalue weighted by molar-refractivity contribution is 7.80. The molecule has 0 saturated carbocycles. The minimum atomic E-state index is -0.613. The zero-order valence-electron chi connectivity index (χ0n) is 9.49. The van der Waals surface area contributed by atoms with Crippen LogP contribution in [-0.4, -0.2) is 4.99 Å². The molecule has 0 heterocycles. The summed E-state index contributed by atoms with van der Waals surface area (Å²) in [6, 6.07) is 7.69. The lowest BCUT2D eigenvalue weighted by Gasteiger charge is -2.10. The number of thiocarbonyl (C=S) groups is 1. The molecule has 2 rings (SSSR count). The summed E-state index contributed by atoms with van der Waals surface area (Å²) in [4.78, 5) is -0.0102. The number of hydrogen-bond donors (Lipinski definition) is 1. The first-order valence-electron chi connectivity index (χ1n) is 5.19. The van der Waals surface area contributed by atoms with E-state index in [2.05, 4.69) is 0 Å². The van der Waals surface area contributed by atoms with Crippen LogP contribution in [0.4, 0.5) is 8.78 Å². The molecule has 6 heteroatoms. The van der Waals surface area contributed by atoms with Gasteiger partial charge in [0, 0.05) is 6.07 Å². The maximum atomic E-state index is 13.3. The molecule has 2 N–H and O–H groups in total. The quantitative estimate of drug-likeness (QED) is 0.869. The van der Waals surface area contributed by atoms with Crippen LogP contribution in [0.1, 0.15) is 5.56 Å². The van der Waals surface area contributed by atoms with E-state index in [0.29, 0.717) is 0 Å². The highest BCUT2D eigenvalue weighted by Gasteiger charge is 2.10. The fourth-order valence-corrected chi connectivity index (χ4v) is 1.73. The molecule has 19 heavy (non-hydrogen) atoms. The van der Waals surface area contributed by atoms with Gasteiger partial charge in [0.25, 0.3) is 0 Å². The van der Waals surface area contributed by atoms with Crippen molar-refractivity contribution in [3.05, 3.63) is 58.6 Å². The Morgan fingerprint density at radius 1 is 1.16 bits per heavy atom. The van der Waals surface area contributed by atoms with E-state index < -0.39 is 11.6 Å². The molecule has 2 nitrogen and oxygen atoms in total. The van der Waals surface area contributed by atoms with Crippen molar-refractivity contribution >= 4 is 28.8 Å². The molecule has 2 aromatic carbocycles. The van der Waals surface area contributed by atoms with Gasteiger partial charge in [-0.2, -0.15) is 0 Å². The van der Waals surface area contributed by atoms with Gasteiger partial charge in [-0.25, -0.2) is 8.78 Å². The van der Waals surface area contributed by atoms with Crippen LogP contribution in [0.25, 0.3) is 0 Å². The van der Waals surface area contributed by atoms with Gasteiger partial charge in [0.1, 0.15) is 28.1 Å². The second kappa shape index (κ2) is 5.50. The summed E-state index contributed by atoms with van der Waals surface area (Å²) in [5, 5.41) is -0.0129. The molecule has 0 aliphatic heterocycles. The van der Waals surface area contributed by atoms with Crippen molar-refractivity contribution in [2.45, 2.75) is 0 Å². The van der Waals surface area contributed by atoms with Crippen LogP contribution in [0, 0.1) is 11.6 Å². The Hall–Kier alpha value is -1.72. The molecule has 0 unspecified atom stereocenters. The Balaban J connectivity index is 2.37. The first-order chi connectivity index (χ1) is 8.97. The minimum Gasteiger partial charge on any atom is -0.457 e. The normalized spacial score (nSPS) is 10.3. The highest BCUT2D eigenvalue weighted by atomic mass is 35.5. The van der Waals surface area contributed by atoms with Crippen molar-refractivity contribution in [1.82, 2.24) is 0 Å². The number of ether oxygens (including phenoxy) is 1. The summed E-state index contributed by atoms with van der Waals surface area (Å²) in [7, 11) is 0. The topological polar surface area (TPSA) is 35.2 Å². The molecule has 98 valence electrons. The first-order valence-corrected chi connectivity index (χ1v) is 5.98. The molecule has 0 saturated heterocycles. The van der Waals surface area contributed by atoms with Gasteiger partial charge in [-0.05, 0) is 30.3 Å². The van der Waals surface area contributed by atoms with Crippen molar-refractivity contribution in [2.24, 2.45) is 5.73 Å². The molecular formula is C13H8ClF2NOS. The van der Waals surface area contributed by atoms with E-state index in [-0.39, 0.29) is 27.1 Å². The van der Waals surface area contributed by atoms with Crippen LogP contribution in [0.3, 0.4) is 0 Å². The molecule has 0 atom stereocenters. The van der Waals surface area contributed by atoms with Crippen LogP contribution >= 0.6 is 23.8 Å². The molecule has 0 bridgehead atoms. The van der Waals surface area contributed by atoms with Gasteiger partial charge >= 0.3 is 0 Å². The molecule has 2 aromatic rings. The van der Waals surface area contributed by atoms with Gasteiger partial charge < -0.3 is 10.5 Å².